The summed E-state index contributed by atoms with van der Waals surface area (Å²) in [6.07, 6.45) is 10.8. The molecule has 0 spiro atoms. The Morgan fingerprint density at radius 2 is 1.67 bits per heavy atom. The van der Waals surface area contributed by atoms with E-state index < -0.39 is 28.1 Å². The Hall–Kier alpha value is -4.14. The van der Waals surface area contributed by atoms with Gasteiger partial charge < -0.3 is 25.3 Å². The third-order valence-electron chi connectivity index (χ3n) is 8.69. The summed E-state index contributed by atoms with van der Waals surface area (Å²) in [6, 6.07) is 12.0. The number of aldehydes is 1. The molecule has 3 N–H and O–H groups in total. The van der Waals surface area contributed by atoms with Gasteiger partial charge in [0.1, 0.15) is 25.2 Å². The zero-order valence-corrected chi connectivity index (χ0v) is 28.7. The van der Waals surface area contributed by atoms with Crippen molar-refractivity contribution >= 4 is 39.1 Å². The minimum absolute atomic E-state index is 0.0449. The lowest BCUT2D eigenvalue weighted by molar-refractivity contribution is -0.137. The average molecular weight is 698 g/mol. The smallest absolute Gasteiger partial charge is 0.323 e. The van der Waals surface area contributed by atoms with Gasteiger partial charge in [0.2, 0.25) is 15.9 Å². The molecule has 1 aliphatic rings. The highest BCUT2D eigenvalue weighted by Crippen LogP contribution is 2.32. The van der Waals surface area contributed by atoms with Crippen molar-refractivity contribution in [1.29, 1.82) is 0 Å². The predicted molar refractivity (Wildman–Crippen MR) is 185 cm³/mol. The molecule has 266 valence electrons. The molecule has 49 heavy (non-hydrogen) atoms. The van der Waals surface area contributed by atoms with Gasteiger partial charge in [-0.25, -0.2) is 13.4 Å². The number of carbonyl (C=O) groups excluding carboxylic acids is 2. The third kappa shape index (κ3) is 11.5. The Morgan fingerprint density at radius 1 is 0.959 bits per heavy atom. The molecule has 0 atom stereocenters. The molecule has 0 bridgehead atoms. The van der Waals surface area contributed by atoms with Crippen molar-refractivity contribution < 1.29 is 32.6 Å². The van der Waals surface area contributed by atoms with Crippen LogP contribution in [0.4, 0.5) is 0 Å². The van der Waals surface area contributed by atoms with Crippen molar-refractivity contribution in [3.8, 4) is 5.75 Å². The van der Waals surface area contributed by atoms with Crippen molar-refractivity contribution in [1.82, 2.24) is 24.5 Å². The number of carboxylic acid groups (broad SMARTS) is 1. The van der Waals surface area contributed by atoms with Crippen LogP contribution < -0.4 is 20.9 Å². The molecule has 1 aromatic heterocycles. The van der Waals surface area contributed by atoms with E-state index >= 15 is 0 Å². The largest absolute Gasteiger partial charge is 0.492 e. The highest BCUT2D eigenvalue weighted by atomic mass is 32.2. The van der Waals surface area contributed by atoms with Gasteiger partial charge in [0, 0.05) is 45.6 Å². The van der Waals surface area contributed by atoms with Crippen molar-refractivity contribution in [2.45, 2.75) is 81.6 Å². The van der Waals surface area contributed by atoms with Gasteiger partial charge in [-0.15, -0.1) is 0 Å². The van der Waals surface area contributed by atoms with Gasteiger partial charge in [0.25, 0.3) is 5.56 Å². The fraction of sp³-hybridized carbons (Fsp3) is 0.514. The number of unbranched alkanes of at least 4 members (excludes halogenated alkanes) is 6. The van der Waals surface area contributed by atoms with Gasteiger partial charge in [0.05, 0.1) is 22.1 Å². The second-order valence-electron chi connectivity index (χ2n) is 12.3. The van der Waals surface area contributed by atoms with Crippen LogP contribution in [0, 0.1) is 0 Å². The van der Waals surface area contributed by atoms with Crippen LogP contribution >= 0.6 is 0 Å². The normalized spacial score (nSPS) is 14.1. The topological polar surface area (TPSA) is 177 Å². The van der Waals surface area contributed by atoms with Crippen LogP contribution in [0.1, 0.15) is 75.7 Å². The van der Waals surface area contributed by atoms with E-state index in [4.69, 9.17) is 9.84 Å². The number of nitrogens with zero attached hydrogens (tertiary/aromatic N) is 3. The monoisotopic (exact) mass is 697 g/mol. The molecule has 4 rings (SSSR count). The molecule has 1 saturated heterocycles. The summed E-state index contributed by atoms with van der Waals surface area (Å²) in [5.74, 6) is -0.138. The average Bonchev–Trinajstić information content (AvgIpc) is 3.10. The quantitative estimate of drug-likeness (QED) is 0.110. The number of carbonyl (C=O) groups is 3. The molecular weight excluding hydrogens is 650 g/mol. The second kappa shape index (κ2) is 19.2. The van der Waals surface area contributed by atoms with Gasteiger partial charge in [-0.3, -0.25) is 19.0 Å². The van der Waals surface area contributed by atoms with Gasteiger partial charge in [0.15, 0.2) is 0 Å². The maximum Gasteiger partial charge on any atom is 0.323 e. The fourth-order valence-electron chi connectivity index (χ4n) is 5.94. The SMILES string of the molecule is O=CCCCCCCCCC(=O)NCCNCCOc1ccc(C2CCN(S(=O)(=O)c3ccc4c(=O)n(CC(=O)O)cnc4c3)CC2)cc1. The fourth-order valence-corrected chi connectivity index (χ4v) is 7.43. The number of hydrogen-bond donors (Lipinski definition) is 3. The molecule has 0 aliphatic carbocycles. The number of aromatic nitrogens is 2. The summed E-state index contributed by atoms with van der Waals surface area (Å²) < 4.78 is 35.1. The van der Waals surface area contributed by atoms with Crippen molar-refractivity contribution in [2.75, 3.05) is 39.3 Å². The number of amides is 1. The zero-order chi connectivity index (χ0) is 35.1. The first kappa shape index (κ1) is 37.7. The standard InChI is InChI=1S/C35H47N5O8S/c41-22-7-5-3-1-2-4-6-8-33(42)37-18-17-36-19-23-48-29-11-9-27(10-12-29)28-15-20-40(21-16-28)49(46,47)30-13-14-31-32(24-30)38-26-39(35(31)45)25-34(43)44/h9-14,22,24,26,28,36H,1-8,15-21,23,25H2,(H,37,42)(H,43,44). The highest BCUT2D eigenvalue weighted by molar-refractivity contribution is 7.89. The summed E-state index contributed by atoms with van der Waals surface area (Å²) >= 11 is 0. The highest BCUT2D eigenvalue weighted by Gasteiger charge is 2.30. The Bertz CT molecular complexity index is 1700. The third-order valence-corrected chi connectivity index (χ3v) is 10.6. The van der Waals surface area contributed by atoms with Crippen LogP contribution in [0.15, 0.2) is 58.5 Å². The van der Waals surface area contributed by atoms with Crippen molar-refractivity contribution in [3.05, 3.63) is 64.7 Å². The molecule has 0 saturated carbocycles. The van der Waals surface area contributed by atoms with Crippen molar-refractivity contribution in [3.63, 3.8) is 0 Å². The first-order valence-corrected chi connectivity index (χ1v) is 18.5. The molecule has 14 heteroatoms. The Labute approximate surface area is 287 Å². The van der Waals surface area contributed by atoms with E-state index in [-0.39, 0.29) is 27.6 Å². The minimum atomic E-state index is -3.80. The van der Waals surface area contributed by atoms with Crippen molar-refractivity contribution in [2.24, 2.45) is 0 Å². The van der Waals surface area contributed by atoms with Gasteiger partial charge in [-0.05, 0) is 67.5 Å². The Balaban J connectivity index is 1.12. The predicted octanol–water partition coefficient (Wildman–Crippen LogP) is 3.45. The number of benzene rings is 2. The summed E-state index contributed by atoms with van der Waals surface area (Å²) in [7, 11) is -3.80. The zero-order valence-electron chi connectivity index (χ0n) is 27.8. The van der Waals surface area contributed by atoms with E-state index in [1.54, 1.807) is 0 Å². The van der Waals surface area contributed by atoms with Crippen LogP contribution in [0.5, 0.6) is 5.75 Å². The molecule has 0 unspecified atom stereocenters. The number of carboxylic acids is 1. The maximum atomic E-state index is 13.4. The molecule has 13 nitrogen and oxygen atoms in total. The lowest BCUT2D eigenvalue weighted by Crippen LogP contribution is -2.37. The molecule has 2 heterocycles. The van der Waals surface area contributed by atoms with E-state index in [1.165, 1.54) is 22.5 Å². The molecule has 3 aromatic rings. The number of piperidine rings is 1. The molecular formula is C35H47N5O8S. The van der Waals surface area contributed by atoms with Gasteiger partial charge in [-0.2, -0.15) is 4.31 Å². The van der Waals surface area contributed by atoms with Gasteiger partial charge >= 0.3 is 5.97 Å². The van der Waals surface area contributed by atoms with Crippen LogP contribution in [-0.4, -0.2) is 84.9 Å². The molecule has 1 fully saturated rings. The molecule has 0 radical (unpaired) electrons. The van der Waals surface area contributed by atoms with E-state index in [9.17, 15) is 27.6 Å². The number of rotatable bonds is 21. The Morgan fingerprint density at radius 3 is 2.39 bits per heavy atom. The van der Waals surface area contributed by atoms with Crippen LogP contribution in [0.2, 0.25) is 0 Å². The summed E-state index contributed by atoms with van der Waals surface area (Å²) in [4.78, 5) is 50.0. The summed E-state index contributed by atoms with van der Waals surface area (Å²) in [5, 5.41) is 15.3. The number of ether oxygens (including phenoxy) is 1. The summed E-state index contributed by atoms with van der Waals surface area (Å²) in [6.45, 7) is 2.54. The maximum absolute atomic E-state index is 13.4. The molecule has 1 amide bonds. The first-order chi connectivity index (χ1) is 23.7. The number of nitrogens with one attached hydrogen (secondary N) is 2. The molecule has 1 aliphatic heterocycles. The molecule has 2 aromatic carbocycles. The summed E-state index contributed by atoms with van der Waals surface area (Å²) in [5.41, 5.74) is 0.781. The number of sulfonamides is 1. The lowest BCUT2D eigenvalue weighted by atomic mass is 9.90. The van der Waals surface area contributed by atoms with Crippen LogP contribution in [0.3, 0.4) is 0 Å². The number of hydrogen-bond acceptors (Lipinski definition) is 9. The van der Waals surface area contributed by atoms with Gasteiger partial charge in [-0.1, -0.05) is 37.8 Å². The van der Waals surface area contributed by atoms with Crippen LogP contribution in [0.25, 0.3) is 10.9 Å². The second-order valence-corrected chi connectivity index (χ2v) is 14.2. The Kier molecular flexibility index (Phi) is 14.7. The van der Waals surface area contributed by atoms with Crippen LogP contribution in [-0.2, 0) is 31.0 Å². The number of fused-ring (bicyclic) bond motifs is 1. The van der Waals surface area contributed by atoms with E-state index in [2.05, 4.69) is 15.6 Å². The minimum Gasteiger partial charge on any atom is -0.492 e. The van der Waals surface area contributed by atoms with E-state index in [1.807, 2.05) is 24.3 Å². The van der Waals surface area contributed by atoms with E-state index in [0.717, 1.165) is 67.0 Å². The number of aliphatic carboxylic acids is 1. The lowest BCUT2D eigenvalue weighted by Gasteiger charge is -2.31. The van der Waals surface area contributed by atoms with E-state index in [0.29, 0.717) is 65.0 Å². The first-order valence-electron chi connectivity index (χ1n) is 17.0.